The third kappa shape index (κ3) is 10.2. The number of hydrogen-bond donors (Lipinski definition) is 2. The molecule has 0 amide bonds. The molecule has 4 nitrogen and oxygen atoms in total. The maximum absolute atomic E-state index is 11.1. The molecule has 5 heteroatoms. The highest BCUT2D eigenvalue weighted by Gasteiger charge is 2.22. The molecule has 2 N–H and O–H groups in total. The summed E-state index contributed by atoms with van der Waals surface area (Å²) < 4.78 is 24.7. The quantitative estimate of drug-likeness (QED) is 0.747. The molecule has 0 saturated carbocycles. The van der Waals surface area contributed by atoms with E-state index in [9.17, 15) is 8.42 Å². The van der Waals surface area contributed by atoms with Crippen molar-refractivity contribution in [2.24, 2.45) is 5.41 Å². The van der Waals surface area contributed by atoms with Crippen LogP contribution in [0.2, 0.25) is 0 Å². The first-order chi connectivity index (χ1) is 6.41. The molecule has 0 bridgehead atoms. The Morgan fingerprint density at radius 1 is 1.00 bits per heavy atom. The van der Waals surface area contributed by atoms with Gasteiger partial charge in [-0.15, -0.1) is 0 Å². The zero-order valence-electron chi connectivity index (χ0n) is 10.6. The smallest absolute Gasteiger partial charge is 0.209 e. The molecule has 0 atom stereocenters. The topological polar surface area (TPSA) is 58.2 Å². The minimum Gasteiger partial charge on any atom is -0.314 e. The van der Waals surface area contributed by atoms with Gasteiger partial charge < -0.3 is 5.32 Å². The van der Waals surface area contributed by atoms with Crippen molar-refractivity contribution in [3.63, 3.8) is 0 Å². The van der Waals surface area contributed by atoms with E-state index in [0.717, 1.165) is 6.54 Å². The highest BCUT2D eigenvalue weighted by atomic mass is 32.2. The van der Waals surface area contributed by atoms with Crippen molar-refractivity contribution >= 4 is 10.0 Å². The highest BCUT2D eigenvalue weighted by Crippen LogP contribution is 2.11. The summed E-state index contributed by atoms with van der Waals surface area (Å²) >= 11 is 0. The molecule has 0 unspecified atom stereocenters. The second-order valence-electron chi connectivity index (χ2n) is 5.92. The van der Waals surface area contributed by atoms with Gasteiger partial charge in [0.1, 0.15) is 0 Å². The van der Waals surface area contributed by atoms with Gasteiger partial charge >= 0.3 is 0 Å². The van der Waals surface area contributed by atoms with Crippen LogP contribution < -0.4 is 10.0 Å². The Morgan fingerprint density at radius 3 is 1.80 bits per heavy atom. The van der Waals surface area contributed by atoms with Crippen LogP contribution in [-0.4, -0.2) is 33.3 Å². The van der Waals surface area contributed by atoms with Gasteiger partial charge in [-0.25, -0.2) is 13.1 Å². The van der Waals surface area contributed by atoms with Gasteiger partial charge in [0.15, 0.2) is 0 Å². The normalized spacial score (nSPS) is 14.3. The second-order valence-corrected chi connectivity index (χ2v) is 7.67. The SMILES string of the molecule is CC(C)(C)CNCC(C)(C)NS(C)(=O)=O. The summed E-state index contributed by atoms with van der Waals surface area (Å²) in [7, 11) is -3.14. The Kier molecular flexibility index (Phi) is 4.76. The average Bonchev–Trinajstić information content (AvgIpc) is 1.75. The lowest BCUT2D eigenvalue weighted by Crippen LogP contribution is -2.50. The minimum atomic E-state index is -3.14. The Balaban J connectivity index is 4.06. The van der Waals surface area contributed by atoms with Crippen LogP contribution in [0.1, 0.15) is 34.6 Å². The van der Waals surface area contributed by atoms with Crippen molar-refractivity contribution in [2.45, 2.75) is 40.2 Å². The average molecular weight is 236 g/mol. The summed E-state index contributed by atoms with van der Waals surface area (Å²) in [5, 5.41) is 3.26. The van der Waals surface area contributed by atoms with E-state index in [1.54, 1.807) is 0 Å². The van der Waals surface area contributed by atoms with Crippen LogP contribution in [0, 0.1) is 5.41 Å². The van der Waals surface area contributed by atoms with Crippen molar-refractivity contribution in [1.29, 1.82) is 0 Å². The molecule has 0 aromatic rings. The lowest BCUT2D eigenvalue weighted by atomic mass is 9.96. The van der Waals surface area contributed by atoms with Gasteiger partial charge in [0.25, 0.3) is 0 Å². The maximum atomic E-state index is 11.1. The molecule has 92 valence electrons. The Hall–Kier alpha value is -0.130. The van der Waals surface area contributed by atoms with E-state index in [2.05, 4.69) is 30.8 Å². The Bertz CT molecular complexity index is 289. The van der Waals surface area contributed by atoms with Gasteiger partial charge in [-0.2, -0.15) is 0 Å². The number of rotatable bonds is 5. The van der Waals surface area contributed by atoms with Crippen molar-refractivity contribution in [2.75, 3.05) is 19.3 Å². The van der Waals surface area contributed by atoms with Gasteiger partial charge in [0.05, 0.1) is 6.26 Å². The van der Waals surface area contributed by atoms with Gasteiger partial charge in [-0.3, -0.25) is 0 Å². The summed E-state index contributed by atoms with van der Waals surface area (Å²) in [5.74, 6) is 0. The zero-order chi connectivity index (χ0) is 12.3. The molecule has 0 aliphatic heterocycles. The summed E-state index contributed by atoms with van der Waals surface area (Å²) in [6.45, 7) is 11.6. The monoisotopic (exact) mass is 236 g/mol. The van der Waals surface area contributed by atoms with Crippen LogP contribution in [-0.2, 0) is 10.0 Å². The first-order valence-corrected chi connectivity index (χ1v) is 7.00. The molecule has 0 aliphatic rings. The maximum Gasteiger partial charge on any atom is 0.209 e. The predicted molar refractivity (Wildman–Crippen MR) is 64.4 cm³/mol. The number of sulfonamides is 1. The van der Waals surface area contributed by atoms with E-state index in [1.807, 2.05) is 13.8 Å². The predicted octanol–water partition coefficient (Wildman–Crippen LogP) is 0.950. The van der Waals surface area contributed by atoms with Crippen LogP contribution >= 0.6 is 0 Å². The van der Waals surface area contributed by atoms with Gasteiger partial charge in [-0.05, 0) is 19.3 Å². The summed E-state index contributed by atoms with van der Waals surface area (Å²) in [5.41, 5.74) is -0.236. The Morgan fingerprint density at radius 2 is 1.47 bits per heavy atom. The second kappa shape index (κ2) is 4.80. The lowest BCUT2D eigenvalue weighted by Gasteiger charge is -2.28. The Labute approximate surface area is 93.9 Å². The van der Waals surface area contributed by atoms with E-state index < -0.39 is 15.6 Å². The largest absolute Gasteiger partial charge is 0.314 e. The third-order valence-corrected chi connectivity index (χ3v) is 2.61. The molecule has 0 radical (unpaired) electrons. The molecular weight excluding hydrogens is 212 g/mol. The third-order valence-electron chi connectivity index (χ3n) is 1.68. The molecule has 0 aliphatic carbocycles. The lowest BCUT2D eigenvalue weighted by molar-refractivity contribution is 0.344. The van der Waals surface area contributed by atoms with Gasteiger partial charge in [0, 0.05) is 18.6 Å². The molecule has 0 heterocycles. The first-order valence-electron chi connectivity index (χ1n) is 5.11. The summed E-state index contributed by atoms with van der Waals surface area (Å²) in [6, 6.07) is 0. The molecule has 0 aromatic carbocycles. The molecule has 0 saturated heterocycles. The molecule has 0 aromatic heterocycles. The van der Waals surface area contributed by atoms with Crippen molar-refractivity contribution in [1.82, 2.24) is 10.0 Å². The fourth-order valence-electron chi connectivity index (χ4n) is 1.29. The molecule has 0 rings (SSSR count). The van der Waals surface area contributed by atoms with Gasteiger partial charge in [0.2, 0.25) is 10.0 Å². The van der Waals surface area contributed by atoms with Crippen LogP contribution in [0.4, 0.5) is 0 Å². The van der Waals surface area contributed by atoms with Gasteiger partial charge in [-0.1, -0.05) is 20.8 Å². The van der Waals surface area contributed by atoms with Crippen molar-refractivity contribution in [3.8, 4) is 0 Å². The molecule has 0 spiro atoms. The van der Waals surface area contributed by atoms with E-state index in [1.165, 1.54) is 6.26 Å². The van der Waals surface area contributed by atoms with Crippen molar-refractivity contribution < 1.29 is 8.42 Å². The van der Waals surface area contributed by atoms with Crippen LogP contribution in [0.15, 0.2) is 0 Å². The summed E-state index contributed by atoms with van der Waals surface area (Å²) in [6.07, 6.45) is 1.18. The van der Waals surface area contributed by atoms with E-state index in [-0.39, 0.29) is 5.41 Å². The van der Waals surface area contributed by atoms with Crippen LogP contribution in [0.3, 0.4) is 0 Å². The minimum absolute atomic E-state index is 0.209. The summed E-state index contributed by atoms with van der Waals surface area (Å²) in [4.78, 5) is 0. The van der Waals surface area contributed by atoms with E-state index >= 15 is 0 Å². The molecule has 0 fully saturated rings. The first kappa shape index (κ1) is 14.9. The fraction of sp³-hybridized carbons (Fsp3) is 1.00. The highest BCUT2D eigenvalue weighted by molar-refractivity contribution is 7.88. The van der Waals surface area contributed by atoms with Crippen LogP contribution in [0.5, 0.6) is 0 Å². The standard InChI is InChI=1S/C10H24N2O2S/c1-9(2,3)7-11-8-10(4,5)12-15(6,13)14/h11-12H,7-8H2,1-6H3. The van der Waals surface area contributed by atoms with E-state index in [0.29, 0.717) is 6.54 Å². The van der Waals surface area contributed by atoms with Crippen LogP contribution in [0.25, 0.3) is 0 Å². The number of hydrogen-bond acceptors (Lipinski definition) is 3. The zero-order valence-corrected chi connectivity index (χ0v) is 11.5. The van der Waals surface area contributed by atoms with Crippen molar-refractivity contribution in [3.05, 3.63) is 0 Å². The molecule has 15 heavy (non-hydrogen) atoms. The fourth-order valence-corrected chi connectivity index (χ4v) is 2.36. The number of nitrogens with one attached hydrogen (secondary N) is 2. The van der Waals surface area contributed by atoms with E-state index in [4.69, 9.17) is 0 Å². The molecular formula is C10H24N2O2S.